The second-order valence-electron chi connectivity index (χ2n) is 0.435. The number of hydrogen-bond acceptors (Lipinski definition) is 1. The van der Waals surface area contributed by atoms with Gasteiger partial charge in [-0.2, -0.15) is 0 Å². The highest BCUT2D eigenvalue weighted by atomic mass is 35.9. The van der Waals surface area contributed by atoms with Gasteiger partial charge in [-0.25, -0.2) is 0 Å². The molecule has 0 aromatic heterocycles. The van der Waals surface area contributed by atoms with Crippen LogP contribution in [0.15, 0.2) is 0 Å². The molecule has 0 atom stereocenters. The van der Waals surface area contributed by atoms with Gasteiger partial charge in [-0.05, 0) is 22.5 Å². The van der Waals surface area contributed by atoms with Crippen LogP contribution in [0.3, 0.4) is 0 Å². The van der Waals surface area contributed by atoms with Crippen LogP contribution >= 0.6 is 41.0 Å². The maximum atomic E-state index is 9.30. The Kier molecular flexibility index (Phi) is 5.25. The van der Waals surface area contributed by atoms with Crippen LogP contribution in [0.2, 0.25) is 0 Å². The van der Waals surface area contributed by atoms with E-state index >= 15 is 0 Å². The summed E-state index contributed by atoms with van der Waals surface area (Å²) in [4.78, 5) is 7.61. The molecule has 0 aliphatic heterocycles. The van der Waals surface area contributed by atoms with Crippen molar-refractivity contribution in [2.24, 2.45) is 0 Å². The molecule has 0 amide bonds. The summed E-state index contributed by atoms with van der Waals surface area (Å²) in [6, 6.07) is 0. The molecule has 0 saturated carbocycles. The highest BCUT2D eigenvalue weighted by molar-refractivity contribution is 8.04. The first-order chi connectivity index (χ1) is 2.00. The van der Waals surface area contributed by atoms with Crippen LogP contribution in [0.4, 0.5) is 0 Å². The maximum Gasteiger partial charge on any atom is 0.377 e. The zero-order valence-corrected chi connectivity index (χ0v) is 5.69. The van der Waals surface area contributed by atoms with Gasteiger partial charge in [0.1, 0.15) is 0 Å². The van der Waals surface area contributed by atoms with Gasteiger partial charge in [0, 0.05) is 0 Å². The molecule has 0 aliphatic rings. The fourth-order valence-corrected chi connectivity index (χ4v) is 0. The van der Waals surface area contributed by atoms with Crippen LogP contribution in [0.5, 0.6) is 0 Å². The van der Waals surface area contributed by atoms with Gasteiger partial charge in [-0.3, -0.25) is 4.57 Å². The van der Waals surface area contributed by atoms with Gasteiger partial charge in [0.2, 0.25) is 0 Å². The van der Waals surface area contributed by atoms with E-state index in [1.807, 2.05) is 0 Å². The molecule has 0 unspecified atom stereocenters. The predicted octanol–water partition coefficient (Wildman–Crippen LogP) is 1.99. The van der Waals surface area contributed by atoms with E-state index in [-0.39, 0.29) is 12.4 Å². The Morgan fingerprint density at radius 2 is 1.50 bits per heavy atom. The number of hydrogen-bond donors (Lipinski definition) is 1. The third kappa shape index (κ3) is 74.2. The Labute approximate surface area is 50.9 Å². The minimum Gasteiger partial charge on any atom is -0.322 e. The third-order valence-corrected chi connectivity index (χ3v) is 0. The number of halogens is 3. The molecule has 0 spiro atoms. The normalized spacial score (nSPS) is 9.83. The van der Waals surface area contributed by atoms with Crippen molar-refractivity contribution in [2.75, 3.05) is 0 Å². The van der Waals surface area contributed by atoms with Crippen molar-refractivity contribution in [3.8, 4) is 0 Å². The maximum absolute atomic E-state index is 9.30. The molecule has 0 radical (unpaired) electrons. The Bertz CT molecular complexity index is 54.9. The van der Waals surface area contributed by atoms with Crippen LogP contribution in [-0.4, -0.2) is 4.89 Å². The molecule has 0 bridgehead atoms. The molecule has 0 saturated heterocycles. The van der Waals surface area contributed by atoms with Crippen LogP contribution < -0.4 is 0 Å². The molecule has 6 heteroatoms. The van der Waals surface area contributed by atoms with Gasteiger partial charge < -0.3 is 4.89 Å². The van der Waals surface area contributed by atoms with Crippen molar-refractivity contribution in [2.45, 2.75) is 0 Å². The van der Waals surface area contributed by atoms with E-state index in [9.17, 15) is 4.57 Å². The molecule has 1 N–H and O–H groups in total. The molecule has 0 aromatic carbocycles. The van der Waals surface area contributed by atoms with Gasteiger partial charge in [0.15, 0.2) is 0 Å². The van der Waals surface area contributed by atoms with E-state index in [0.717, 1.165) is 0 Å². The second kappa shape index (κ2) is 3.11. The topological polar surface area (TPSA) is 37.3 Å². The summed E-state index contributed by atoms with van der Waals surface area (Å²) in [6.07, 6.45) is -3.69. The molecular weight excluding hydrogens is 169 g/mol. The molecule has 0 rings (SSSR count). The third-order valence-electron chi connectivity index (χ3n) is 0. The van der Waals surface area contributed by atoms with Crippen molar-refractivity contribution in [1.82, 2.24) is 0 Å². The molecule has 0 aromatic rings. The fraction of sp³-hybridized carbons (Fsp3) is 0. The Hall–Kier alpha value is 1.06. The highest BCUT2D eigenvalue weighted by Gasteiger charge is 2.02. The summed E-state index contributed by atoms with van der Waals surface area (Å²) in [7, 11) is 0. The number of rotatable bonds is 0. The summed E-state index contributed by atoms with van der Waals surface area (Å²) >= 11 is 8.81. The average molecular weight is 171 g/mol. The lowest BCUT2D eigenvalue weighted by Gasteiger charge is -1.77. The predicted molar refractivity (Wildman–Crippen MR) is 28.8 cm³/mol. The largest absolute Gasteiger partial charge is 0.377 e. The van der Waals surface area contributed by atoms with Gasteiger partial charge >= 0.3 is 6.07 Å². The smallest absolute Gasteiger partial charge is 0.322 e. The van der Waals surface area contributed by atoms with Crippen LogP contribution in [0.1, 0.15) is 0 Å². The van der Waals surface area contributed by atoms with Crippen molar-refractivity contribution < 1.29 is 9.46 Å². The van der Waals surface area contributed by atoms with Crippen LogP contribution in [0.25, 0.3) is 0 Å². The minimum absolute atomic E-state index is 0. The lowest BCUT2D eigenvalue weighted by molar-refractivity contribution is 0.512. The molecule has 6 heavy (non-hydrogen) atoms. The first kappa shape index (κ1) is 10.1. The molecule has 0 aliphatic carbocycles. The molecule has 0 fully saturated rings. The van der Waals surface area contributed by atoms with Crippen molar-refractivity contribution >= 4 is 41.0 Å². The van der Waals surface area contributed by atoms with Crippen molar-refractivity contribution in [3.63, 3.8) is 0 Å². The standard InChI is InChI=1S/Cl2HO2P.ClH/c1-5(2,3)4;/h(H,3,4);1H. The quantitative estimate of drug-likeness (QED) is 0.566. The van der Waals surface area contributed by atoms with Crippen LogP contribution in [-0.2, 0) is 4.57 Å². The van der Waals surface area contributed by atoms with E-state index in [1.54, 1.807) is 0 Å². The zero-order valence-electron chi connectivity index (χ0n) is 2.47. The lowest BCUT2D eigenvalue weighted by atomic mass is 15.9. The lowest BCUT2D eigenvalue weighted by Crippen LogP contribution is -1.39. The fourth-order valence-electron chi connectivity index (χ4n) is 0. The summed E-state index contributed by atoms with van der Waals surface area (Å²) < 4.78 is 9.30. The van der Waals surface area contributed by atoms with E-state index < -0.39 is 6.07 Å². The van der Waals surface area contributed by atoms with E-state index in [2.05, 4.69) is 22.5 Å². The SMILES string of the molecule is Cl.O=P(O)(Cl)Cl. The summed E-state index contributed by atoms with van der Waals surface area (Å²) in [5.41, 5.74) is 0. The van der Waals surface area contributed by atoms with Gasteiger partial charge in [0.25, 0.3) is 0 Å². The average Bonchev–Trinajstić information content (AvgIpc) is 0.722. The first-order valence-corrected chi connectivity index (χ1v) is 4.19. The Morgan fingerprint density at radius 1 is 1.50 bits per heavy atom. The zero-order chi connectivity index (χ0) is 4.50. The van der Waals surface area contributed by atoms with Gasteiger partial charge in [0.05, 0.1) is 0 Å². The van der Waals surface area contributed by atoms with E-state index in [4.69, 9.17) is 4.89 Å². The van der Waals surface area contributed by atoms with Crippen LogP contribution in [0, 0.1) is 0 Å². The summed E-state index contributed by atoms with van der Waals surface area (Å²) in [5.74, 6) is 0. The Balaban J connectivity index is 0. The van der Waals surface area contributed by atoms with Crippen molar-refractivity contribution in [3.05, 3.63) is 0 Å². The summed E-state index contributed by atoms with van der Waals surface area (Å²) in [6.45, 7) is 0. The molecule has 0 heterocycles. The van der Waals surface area contributed by atoms with Crippen molar-refractivity contribution in [1.29, 1.82) is 0 Å². The molecule has 2 nitrogen and oxygen atoms in total. The van der Waals surface area contributed by atoms with E-state index in [1.165, 1.54) is 0 Å². The molecule has 40 valence electrons. The van der Waals surface area contributed by atoms with Gasteiger partial charge in [-0.1, -0.05) is 0 Å². The summed E-state index contributed by atoms with van der Waals surface area (Å²) in [5, 5.41) is 0. The van der Waals surface area contributed by atoms with Gasteiger partial charge in [-0.15, -0.1) is 12.4 Å². The molecular formula is H2Cl3O2P. The van der Waals surface area contributed by atoms with E-state index in [0.29, 0.717) is 0 Å². The minimum atomic E-state index is -3.69. The second-order valence-corrected chi connectivity index (χ2v) is 4.57. The monoisotopic (exact) mass is 170 g/mol. The first-order valence-electron chi connectivity index (χ1n) is 0.721. The Morgan fingerprint density at radius 3 is 1.50 bits per heavy atom. The highest BCUT2D eigenvalue weighted by Crippen LogP contribution is 2.51.